The number of sulfonamides is 1. The van der Waals surface area contributed by atoms with Crippen LogP contribution in [0.1, 0.15) is 15.9 Å². The summed E-state index contributed by atoms with van der Waals surface area (Å²) in [6, 6.07) is 3.64. The third-order valence-corrected chi connectivity index (χ3v) is 3.87. The van der Waals surface area contributed by atoms with Crippen LogP contribution in [-0.4, -0.2) is 29.7 Å². The van der Waals surface area contributed by atoms with E-state index in [9.17, 15) is 17.6 Å². The van der Waals surface area contributed by atoms with Crippen molar-refractivity contribution in [3.8, 4) is 0 Å². The Morgan fingerprint density at radius 1 is 1.45 bits per heavy atom. The van der Waals surface area contributed by atoms with Crippen LogP contribution in [0.4, 0.5) is 10.1 Å². The number of anilines is 1. The third-order valence-electron chi connectivity index (χ3n) is 2.51. The Morgan fingerprint density at radius 3 is 2.75 bits per heavy atom. The number of benzene rings is 1. The number of aryl methyl sites for hydroxylation is 1. The van der Waals surface area contributed by atoms with Gasteiger partial charge in [-0.1, -0.05) is 0 Å². The Kier molecular flexibility index (Phi) is 3.45. The van der Waals surface area contributed by atoms with Gasteiger partial charge in [-0.15, -0.1) is 0 Å². The fraction of sp³-hybridized carbons (Fsp3) is 0.0909. The first-order chi connectivity index (χ1) is 9.31. The normalized spacial score (nSPS) is 11.3. The number of carboxylic acids is 1. The number of nitrogens with zero attached hydrogens (tertiary/aromatic N) is 1. The van der Waals surface area contributed by atoms with Crippen LogP contribution in [0.3, 0.4) is 0 Å². The van der Waals surface area contributed by atoms with Gasteiger partial charge in [-0.2, -0.15) is 13.5 Å². The lowest BCUT2D eigenvalue weighted by Gasteiger charge is -2.08. The second-order valence-corrected chi connectivity index (χ2v) is 5.61. The Morgan fingerprint density at radius 2 is 2.15 bits per heavy atom. The lowest BCUT2D eigenvalue weighted by atomic mass is 10.2. The Hall–Kier alpha value is -2.42. The van der Waals surface area contributed by atoms with Crippen LogP contribution in [0.2, 0.25) is 0 Å². The predicted molar refractivity (Wildman–Crippen MR) is 67.5 cm³/mol. The maximum Gasteiger partial charge on any atom is 0.340 e. The number of halogens is 1. The van der Waals surface area contributed by atoms with Crippen molar-refractivity contribution >= 4 is 21.7 Å². The van der Waals surface area contributed by atoms with Gasteiger partial charge in [0.25, 0.3) is 10.0 Å². The maximum absolute atomic E-state index is 13.1. The number of rotatable bonds is 4. The van der Waals surface area contributed by atoms with E-state index in [0.29, 0.717) is 0 Å². The zero-order valence-electron chi connectivity index (χ0n) is 10.2. The molecule has 0 radical (unpaired) electrons. The first-order valence-corrected chi connectivity index (χ1v) is 6.85. The molecule has 2 rings (SSSR count). The van der Waals surface area contributed by atoms with Gasteiger partial charge in [-0.05, 0) is 30.7 Å². The molecule has 0 aliphatic carbocycles. The average molecular weight is 299 g/mol. The quantitative estimate of drug-likeness (QED) is 0.789. The lowest BCUT2D eigenvalue weighted by Crippen LogP contribution is -2.16. The lowest BCUT2D eigenvalue weighted by molar-refractivity contribution is 0.0692. The molecule has 9 heteroatoms. The van der Waals surface area contributed by atoms with E-state index in [1.165, 1.54) is 19.1 Å². The smallest absolute Gasteiger partial charge is 0.340 e. The topological polar surface area (TPSA) is 112 Å². The van der Waals surface area contributed by atoms with Crippen LogP contribution in [0.25, 0.3) is 0 Å². The van der Waals surface area contributed by atoms with Crippen LogP contribution in [0.5, 0.6) is 0 Å². The van der Waals surface area contributed by atoms with Crippen molar-refractivity contribution in [1.82, 2.24) is 10.2 Å². The van der Waals surface area contributed by atoms with Gasteiger partial charge in [0.2, 0.25) is 0 Å². The minimum atomic E-state index is -4.15. The van der Waals surface area contributed by atoms with Crippen LogP contribution in [0.15, 0.2) is 29.4 Å². The monoisotopic (exact) mass is 299 g/mol. The van der Waals surface area contributed by atoms with Crippen molar-refractivity contribution in [2.24, 2.45) is 0 Å². The number of hydrogen-bond donors (Lipinski definition) is 3. The predicted octanol–water partition coefficient (Wildman–Crippen LogP) is 1.36. The number of aromatic carboxylic acids is 1. The molecule has 0 saturated carbocycles. The molecule has 0 fully saturated rings. The van der Waals surface area contributed by atoms with Crippen molar-refractivity contribution in [3.63, 3.8) is 0 Å². The van der Waals surface area contributed by atoms with E-state index in [1.54, 1.807) is 0 Å². The molecule has 20 heavy (non-hydrogen) atoms. The summed E-state index contributed by atoms with van der Waals surface area (Å²) in [5, 5.41) is 13.8. The highest BCUT2D eigenvalue weighted by Gasteiger charge is 2.24. The second kappa shape index (κ2) is 4.93. The SMILES string of the molecule is Cc1cc(NS(=O)(=O)c2[nH]ncc2C(=O)O)ccc1F. The van der Waals surface area contributed by atoms with E-state index in [2.05, 4.69) is 14.9 Å². The number of carbonyl (C=O) groups is 1. The second-order valence-electron chi connectivity index (χ2n) is 3.99. The van der Waals surface area contributed by atoms with Crippen LogP contribution in [-0.2, 0) is 10.0 Å². The van der Waals surface area contributed by atoms with Crippen molar-refractivity contribution in [3.05, 3.63) is 41.3 Å². The van der Waals surface area contributed by atoms with Gasteiger partial charge in [0.1, 0.15) is 11.4 Å². The summed E-state index contributed by atoms with van der Waals surface area (Å²) in [5.41, 5.74) is -0.0977. The molecule has 1 aromatic heterocycles. The Labute approximate surface area is 113 Å². The summed E-state index contributed by atoms with van der Waals surface area (Å²) in [6.07, 6.45) is 0.896. The molecule has 7 nitrogen and oxygen atoms in total. The molecule has 0 saturated heterocycles. The summed E-state index contributed by atoms with van der Waals surface area (Å²) in [7, 11) is -4.15. The summed E-state index contributed by atoms with van der Waals surface area (Å²) in [4.78, 5) is 10.9. The number of aromatic nitrogens is 2. The van der Waals surface area contributed by atoms with E-state index >= 15 is 0 Å². The molecule has 0 bridgehead atoms. The summed E-state index contributed by atoms with van der Waals surface area (Å²) in [6.45, 7) is 1.48. The third kappa shape index (κ3) is 2.62. The van der Waals surface area contributed by atoms with Gasteiger partial charge in [0.05, 0.1) is 6.20 Å². The molecule has 3 N–H and O–H groups in total. The van der Waals surface area contributed by atoms with Gasteiger partial charge in [0, 0.05) is 5.69 Å². The number of H-pyrrole nitrogens is 1. The van der Waals surface area contributed by atoms with Crippen LogP contribution >= 0.6 is 0 Å². The molecule has 1 aromatic carbocycles. The molecular formula is C11H10FN3O4S. The highest BCUT2D eigenvalue weighted by atomic mass is 32.2. The molecule has 2 aromatic rings. The average Bonchev–Trinajstić information content (AvgIpc) is 2.83. The van der Waals surface area contributed by atoms with Gasteiger partial charge >= 0.3 is 5.97 Å². The first kappa shape index (κ1) is 14.0. The van der Waals surface area contributed by atoms with Gasteiger partial charge in [-0.3, -0.25) is 9.82 Å². The molecular weight excluding hydrogens is 289 g/mol. The minimum absolute atomic E-state index is 0.120. The molecule has 0 amide bonds. The number of aromatic amines is 1. The molecule has 0 aliphatic heterocycles. The molecule has 0 atom stereocenters. The van der Waals surface area contributed by atoms with Gasteiger partial charge in [-0.25, -0.2) is 9.18 Å². The number of carboxylic acid groups (broad SMARTS) is 1. The van der Waals surface area contributed by atoms with Crippen LogP contribution < -0.4 is 4.72 Å². The molecule has 0 aliphatic rings. The highest BCUT2D eigenvalue weighted by molar-refractivity contribution is 7.92. The summed E-state index contributed by atoms with van der Waals surface area (Å²) < 4.78 is 39.3. The Balaban J connectivity index is 2.38. The minimum Gasteiger partial charge on any atom is -0.478 e. The summed E-state index contributed by atoms with van der Waals surface area (Å²) in [5.74, 6) is -1.89. The Bertz CT molecular complexity index is 770. The zero-order valence-corrected chi connectivity index (χ0v) is 11.0. The molecule has 1 heterocycles. The highest BCUT2D eigenvalue weighted by Crippen LogP contribution is 2.19. The maximum atomic E-state index is 13.1. The van der Waals surface area contributed by atoms with Gasteiger partial charge < -0.3 is 5.11 Å². The summed E-state index contributed by atoms with van der Waals surface area (Å²) >= 11 is 0. The first-order valence-electron chi connectivity index (χ1n) is 5.37. The van der Waals surface area contributed by atoms with E-state index in [4.69, 9.17) is 5.11 Å². The molecule has 106 valence electrons. The van der Waals surface area contributed by atoms with Crippen molar-refractivity contribution in [2.75, 3.05) is 4.72 Å². The van der Waals surface area contributed by atoms with E-state index in [-0.39, 0.29) is 11.3 Å². The number of hydrogen-bond acceptors (Lipinski definition) is 4. The zero-order chi connectivity index (χ0) is 14.9. The van der Waals surface area contributed by atoms with E-state index in [1.807, 2.05) is 0 Å². The standard InChI is InChI=1S/C11H10FN3O4S/c1-6-4-7(2-3-9(6)12)15-20(18,19)10-8(11(16)17)5-13-14-10/h2-5,15H,1H3,(H,13,14)(H,16,17). The molecule has 0 unspecified atom stereocenters. The van der Waals surface area contributed by atoms with Gasteiger partial charge in [0.15, 0.2) is 5.03 Å². The van der Waals surface area contributed by atoms with E-state index < -0.39 is 32.4 Å². The van der Waals surface area contributed by atoms with E-state index in [0.717, 1.165) is 12.3 Å². The fourth-order valence-corrected chi connectivity index (χ4v) is 2.69. The largest absolute Gasteiger partial charge is 0.478 e. The fourth-order valence-electron chi connectivity index (χ4n) is 1.55. The number of nitrogens with one attached hydrogen (secondary N) is 2. The van der Waals surface area contributed by atoms with Crippen LogP contribution in [0, 0.1) is 12.7 Å². The molecule has 0 spiro atoms. The van der Waals surface area contributed by atoms with Crippen molar-refractivity contribution < 1.29 is 22.7 Å². The van der Waals surface area contributed by atoms with Crippen molar-refractivity contribution in [1.29, 1.82) is 0 Å². The van der Waals surface area contributed by atoms with Crippen molar-refractivity contribution in [2.45, 2.75) is 11.9 Å².